The number of carboxylic acids is 1. The molecular weight excluding hydrogens is 1090 g/mol. The Morgan fingerprint density at radius 1 is 0.412 bits per heavy atom. The summed E-state index contributed by atoms with van der Waals surface area (Å²) in [6, 6.07) is -1.66. The van der Waals surface area contributed by atoms with E-state index >= 15 is 0 Å². The summed E-state index contributed by atoms with van der Waals surface area (Å²) in [5.74, 6) is -2.01. The second-order valence-corrected chi connectivity index (χ2v) is 23.3. The summed E-state index contributed by atoms with van der Waals surface area (Å²) in [4.78, 5) is 119. The molecule has 0 spiro atoms. The van der Waals surface area contributed by atoms with Gasteiger partial charge in [-0.1, -0.05) is 144 Å². The van der Waals surface area contributed by atoms with Gasteiger partial charge in [0.25, 0.3) is 0 Å². The fraction of sp³-hybridized carbons (Fsp3) is 0.846. The van der Waals surface area contributed by atoms with Gasteiger partial charge in [0.05, 0.1) is 33.0 Å². The molecular formula is C65H119N5O15. The van der Waals surface area contributed by atoms with E-state index in [2.05, 4.69) is 33.5 Å². The van der Waals surface area contributed by atoms with Gasteiger partial charge in [-0.3, -0.25) is 43.2 Å². The molecule has 5 amide bonds. The Kier molecular flexibility index (Phi) is 55.4. The van der Waals surface area contributed by atoms with E-state index in [1.165, 1.54) is 84.0 Å². The number of nitrogens with one attached hydrogen (secondary N) is 5. The lowest BCUT2D eigenvalue weighted by molar-refractivity contribution is -0.142. The highest BCUT2D eigenvalue weighted by atomic mass is 16.5. The Hall–Kier alpha value is -4.66. The molecule has 0 radical (unpaired) electrons. The van der Waals surface area contributed by atoms with Crippen molar-refractivity contribution >= 4 is 58.6 Å². The summed E-state index contributed by atoms with van der Waals surface area (Å²) in [7, 11) is 0. The molecule has 0 saturated heterocycles. The van der Waals surface area contributed by atoms with E-state index in [0.717, 1.165) is 64.2 Å². The predicted octanol–water partition coefficient (Wildman–Crippen LogP) is 9.68. The number of ketones is 4. The Morgan fingerprint density at radius 2 is 0.894 bits per heavy atom. The zero-order valence-corrected chi connectivity index (χ0v) is 54.4. The second-order valence-electron chi connectivity index (χ2n) is 23.3. The van der Waals surface area contributed by atoms with Gasteiger partial charge in [0.2, 0.25) is 29.5 Å². The molecule has 4 unspecified atom stereocenters. The van der Waals surface area contributed by atoms with Crippen LogP contribution in [0.25, 0.3) is 0 Å². The van der Waals surface area contributed by atoms with E-state index in [9.17, 15) is 53.1 Å². The highest BCUT2D eigenvalue weighted by Crippen LogP contribution is 2.16. The van der Waals surface area contributed by atoms with Gasteiger partial charge in [-0.25, -0.2) is 4.79 Å². The quantitative estimate of drug-likeness (QED) is 0.0309. The van der Waals surface area contributed by atoms with Crippen molar-refractivity contribution in [3.8, 4) is 0 Å². The monoisotopic (exact) mass is 1210 g/mol. The normalized spacial score (nSPS) is 12.9. The number of unbranched alkanes of at least 4 members (excludes halogenated alkanes) is 16. The van der Waals surface area contributed by atoms with Crippen LogP contribution in [0.3, 0.4) is 0 Å². The van der Waals surface area contributed by atoms with E-state index in [1.807, 2.05) is 27.7 Å². The number of ether oxygens (including phenoxy) is 4. The average molecular weight is 1210 g/mol. The van der Waals surface area contributed by atoms with Crippen molar-refractivity contribution < 1.29 is 72.0 Å². The number of carboxylic acid groups (broad SMARTS) is 1. The molecule has 0 aromatic heterocycles. The Bertz CT molecular complexity index is 1820. The van der Waals surface area contributed by atoms with Crippen LogP contribution in [0.1, 0.15) is 249 Å². The fourth-order valence-corrected chi connectivity index (χ4v) is 9.05. The molecule has 494 valence electrons. The largest absolute Gasteiger partial charge is 0.480 e. The minimum Gasteiger partial charge on any atom is -0.480 e. The number of hydrogen-bond acceptors (Lipinski definition) is 14. The fourth-order valence-electron chi connectivity index (χ4n) is 9.05. The van der Waals surface area contributed by atoms with Crippen molar-refractivity contribution in [3.63, 3.8) is 0 Å². The van der Waals surface area contributed by atoms with Gasteiger partial charge >= 0.3 is 5.97 Å². The van der Waals surface area contributed by atoms with Crippen LogP contribution in [0.5, 0.6) is 0 Å². The number of carbonyl (C=O) groups is 10. The second kappa shape index (κ2) is 57.1. The predicted molar refractivity (Wildman–Crippen MR) is 333 cm³/mol. The number of amides is 5. The number of hydrogen-bond donors (Lipinski definition) is 6. The van der Waals surface area contributed by atoms with Gasteiger partial charge in [-0.15, -0.1) is 0 Å². The molecule has 0 aliphatic carbocycles. The van der Waals surface area contributed by atoms with Crippen molar-refractivity contribution in [2.45, 2.75) is 261 Å². The molecule has 6 N–H and O–H groups in total. The van der Waals surface area contributed by atoms with Gasteiger partial charge in [0, 0.05) is 69.7 Å². The highest BCUT2D eigenvalue weighted by Gasteiger charge is 2.24. The molecule has 0 aromatic rings. The summed E-state index contributed by atoms with van der Waals surface area (Å²) >= 11 is 0. The molecule has 20 heteroatoms. The molecule has 0 aliphatic heterocycles. The third kappa shape index (κ3) is 54.5. The summed E-state index contributed by atoms with van der Waals surface area (Å²) in [5.41, 5.74) is 0. The Labute approximate surface area is 512 Å². The van der Waals surface area contributed by atoms with Crippen LogP contribution in [-0.2, 0) is 66.9 Å². The van der Waals surface area contributed by atoms with Crippen molar-refractivity contribution in [1.29, 1.82) is 0 Å². The number of Topliss-reactive ketones (excluding diaryl/α,β-unsaturated/α-hetero) is 4. The van der Waals surface area contributed by atoms with Crippen molar-refractivity contribution in [1.82, 2.24) is 26.6 Å². The molecule has 0 bridgehead atoms. The first-order valence-corrected chi connectivity index (χ1v) is 32.6. The molecule has 0 rings (SSSR count). The van der Waals surface area contributed by atoms with E-state index in [0.29, 0.717) is 45.5 Å². The van der Waals surface area contributed by atoms with Crippen LogP contribution in [0.15, 0.2) is 0 Å². The zero-order valence-electron chi connectivity index (χ0n) is 54.4. The lowest BCUT2D eigenvalue weighted by Gasteiger charge is -2.21. The number of rotatable bonds is 58. The van der Waals surface area contributed by atoms with Gasteiger partial charge in [-0.2, -0.15) is 0 Å². The van der Waals surface area contributed by atoms with Crippen LogP contribution < -0.4 is 26.6 Å². The van der Waals surface area contributed by atoms with E-state index in [-0.39, 0.29) is 148 Å². The standard InChI is InChI=1S/C45H83N3O11.C20H36N2O4/c1-4-6-7-8-9-10-11-12-13-14-15-16-17-18-19-25-42(51)48-41(45(54)55)27-26-40(50)24-22-30-56-32-34-58-37-44(53)47-29-31-57-33-35-59-36-43(52)46-28-21-20-23-39(5-2)38(3)49;1-13(2)11-18(22-19(25)12-15(4)17(6)24)20(26)21-10-8-7-9-14(3)16(5)23/h39,41H,4-37H2,1-3H3,(H,46,52)(H,47,53)(H,48,51)(H,54,55);13-15,18H,7-12H2,1-6H3,(H,21,26)(H,22,25)/t39-,41?;/m0./s1. The summed E-state index contributed by atoms with van der Waals surface area (Å²) in [5, 5.41) is 23.2. The lowest BCUT2D eigenvalue weighted by Crippen LogP contribution is -2.48. The molecule has 0 aliphatic rings. The summed E-state index contributed by atoms with van der Waals surface area (Å²) in [6.45, 7) is 19.4. The zero-order chi connectivity index (χ0) is 63.9. The Balaban J connectivity index is 0. The molecule has 5 atom stereocenters. The maximum Gasteiger partial charge on any atom is 0.326 e. The SMILES string of the molecule is CC(=O)C(C)CCCCNC(=O)C(CC(C)C)NC(=O)CC(C)C(C)=O.CCCCCCCCCCCCCCCCCC(=O)NC(CCC(=O)CCCOCCOCC(=O)NCCOCCOCC(=O)NCCCC[C@H](CC)C(C)=O)C(=O)O. The van der Waals surface area contributed by atoms with Crippen LogP contribution in [0.2, 0.25) is 0 Å². The third-order valence-electron chi connectivity index (χ3n) is 14.8. The molecule has 20 nitrogen and oxygen atoms in total. The topological polar surface area (TPSA) is 288 Å². The molecule has 0 saturated carbocycles. The minimum atomic E-state index is -1.13. The molecule has 0 fully saturated rings. The smallest absolute Gasteiger partial charge is 0.326 e. The van der Waals surface area contributed by atoms with E-state index in [4.69, 9.17) is 18.9 Å². The summed E-state index contributed by atoms with van der Waals surface area (Å²) in [6.07, 6.45) is 26.3. The van der Waals surface area contributed by atoms with Gasteiger partial charge < -0.3 is 50.6 Å². The van der Waals surface area contributed by atoms with Gasteiger partial charge in [-0.05, 0) is 84.5 Å². The van der Waals surface area contributed by atoms with E-state index < -0.39 is 18.1 Å². The maximum absolute atomic E-state index is 12.4. The van der Waals surface area contributed by atoms with Crippen LogP contribution in [-0.4, -0.2) is 148 Å². The molecule has 0 heterocycles. The first-order chi connectivity index (χ1) is 40.6. The first-order valence-electron chi connectivity index (χ1n) is 32.6. The van der Waals surface area contributed by atoms with Crippen LogP contribution in [0, 0.1) is 23.7 Å². The van der Waals surface area contributed by atoms with Crippen molar-refractivity contribution in [3.05, 3.63) is 0 Å². The van der Waals surface area contributed by atoms with E-state index in [1.54, 1.807) is 20.8 Å². The number of aliphatic carboxylic acids is 1. The van der Waals surface area contributed by atoms with Crippen LogP contribution in [0.4, 0.5) is 0 Å². The molecule has 85 heavy (non-hydrogen) atoms. The van der Waals surface area contributed by atoms with Gasteiger partial charge in [0.1, 0.15) is 48.4 Å². The average Bonchev–Trinajstić information content (AvgIpc) is 3.54. The Morgan fingerprint density at radius 3 is 1.40 bits per heavy atom. The highest BCUT2D eigenvalue weighted by molar-refractivity contribution is 5.90. The first kappa shape index (κ1) is 82.4. The third-order valence-corrected chi connectivity index (χ3v) is 14.8. The maximum atomic E-state index is 12.4. The van der Waals surface area contributed by atoms with Crippen LogP contribution >= 0.6 is 0 Å². The molecule has 0 aromatic carbocycles. The summed E-state index contributed by atoms with van der Waals surface area (Å²) < 4.78 is 21.5. The van der Waals surface area contributed by atoms with Crippen molar-refractivity contribution in [2.24, 2.45) is 23.7 Å². The van der Waals surface area contributed by atoms with Gasteiger partial charge in [0.15, 0.2) is 0 Å². The minimum absolute atomic E-state index is 0.0372. The number of carbonyl (C=O) groups excluding carboxylic acids is 9. The lowest BCUT2D eigenvalue weighted by atomic mass is 9.95. The van der Waals surface area contributed by atoms with Crippen molar-refractivity contribution in [2.75, 3.05) is 72.5 Å².